The van der Waals surface area contributed by atoms with E-state index < -0.39 is 5.97 Å². The molecular weight excluding hydrogens is 181 g/mol. The number of nitrogens with one attached hydrogen (secondary N) is 1. The maximum atomic E-state index is 10.8. The van der Waals surface area contributed by atoms with Gasteiger partial charge in [0.1, 0.15) is 6.04 Å². The van der Waals surface area contributed by atoms with Crippen molar-refractivity contribution in [2.75, 3.05) is 6.54 Å². The molecule has 0 aromatic heterocycles. The Morgan fingerprint density at radius 3 is 2.93 bits per heavy atom. The van der Waals surface area contributed by atoms with Crippen LogP contribution in [0.1, 0.15) is 19.3 Å². The molecule has 0 radical (unpaired) electrons. The van der Waals surface area contributed by atoms with Crippen molar-refractivity contribution in [3.63, 3.8) is 0 Å². The summed E-state index contributed by atoms with van der Waals surface area (Å²) in [6.07, 6.45) is 3.52. The normalized spacial score (nSPS) is 26.4. The van der Waals surface area contributed by atoms with Crippen molar-refractivity contribution in [1.29, 1.82) is 0 Å². The van der Waals surface area contributed by atoms with Crippen molar-refractivity contribution >= 4 is 12.9 Å². The summed E-state index contributed by atoms with van der Waals surface area (Å²) in [7, 11) is 0. The van der Waals surface area contributed by atoms with Gasteiger partial charge in [0.25, 0.3) is 6.92 Å². The van der Waals surface area contributed by atoms with E-state index in [0.717, 1.165) is 32.1 Å². The minimum absolute atomic E-state index is 0.242. The molecule has 0 amide bonds. The largest absolute Gasteiger partial charge is 0.480 e. The first-order valence-corrected chi connectivity index (χ1v) is 5.25. The van der Waals surface area contributed by atoms with Gasteiger partial charge in [-0.15, -0.1) is 0 Å². The Bertz CT molecular complexity index is 198. The van der Waals surface area contributed by atoms with Gasteiger partial charge >= 0.3 is 5.97 Å². The highest BCUT2D eigenvalue weighted by Gasteiger charge is 2.31. The molecule has 4 nitrogen and oxygen atoms in total. The van der Waals surface area contributed by atoms with Gasteiger partial charge in [0.05, 0.1) is 0 Å². The van der Waals surface area contributed by atoms with Crippen molar-refractivity contribution in [2.24, 2.45) is 5.92 Å². The molecule has 0 aliphatic carbocycles. The minimum Gasteiger partial charge on any atom is -0.480 e. The van der Waals surface area contributed by atoms with Crippen LogP contribution in [-0.2, 0) is 4.79 Å². The van der Waals surface area contributed by atoms with Crippen LogP contribution in [0.25, 0.3) is 0 Å². The van der Waals surface area contributed by atoms with Gasteiger partial charge in [-0.3, -0.25) is 4.79 Å². The van der Waals surface area contributed by atoms with Crippen molar-refractivity contribution in [2.45, 2.75) is 38.4 Å². The maximum absolute atomic E-state index is 10.8. The van der Waals surface area contributed by atoms with Crippen LogP contribution in [0.2, 0.25) is 13.1 Å². The fourth-order valence-electron chi connectivity index (χ4n) is 2.03. The molecule has 5 heteroatoms. The van der Waals surface area contributed by atoms with Gasteiger partial charge in [0, 0.05) is 0 Å². The zero-order valence-electron chi connectivity index (χ0n) is 8.57. The van der Waals surface area contributed by atoms with Crippen molar-refractivity contribution in [3.05, 3.63) is 0 Å². The molecule has 3 N–H and O–H groups in total. The quantitative estimate of drug-likeness (QED) is 0.562. The van der Waals surface area contributed by atoms with E-state index >= 15 is 0 Å². The van der Waals surface area contributed by atoms with E-state index in [-0.39, 0.29) is 18.9 Å². The molecule has 80 valence electrons. The van der Waals surface area contributed by atoms with E-state index in [1.165, 1.54) is 0 Å². The highest BCUT2D eigenvalue weighted by atomic mass is 16.4. The summed E-state index contributed by atoms with van der Waals surface area (Å²) in [5.74, 6) is -0.504. The molecule has 1 aliphatic rings. The average Bonchev–Trinajstić information content (AvgIpc) is 2.51. The number of hydrogen-bond acceptors (Lipinski definition) is 3. The molecule has 1 aliphatic heterocycles. The lowest BCUT2D eigenvalue weighted by Gasteiger charge is -2.14. The first-order chi connectivity index (χ1) is 6.61. The van der Waals surface area contributed by atoms with E-state index in [2.05, 4.69) is 5.32 Å². The highest BCUT2D eigenvalue weighted by Crippen LogP contribution is 2.22. The van der Waals surface area contributed by atoms with Crippen LogP contribution in [0.5, 0.6) is 0 Å². The van der Waals surface area contributed by atoms with E-state index in [4.69, 9.17) is 10.1 Å². The third-order valence-electron chi connectivity index (χ3n) is 2.81. The second-order valence-corrected chi connectivity index (χ2v) is 4.10. The summed E-state index contributed by atoms with van der Waals surface area (Å²) < 4.78 is 0. The van der Waals surface area contributed by atoms with Crippen LogP contribution in [-0.4, -0.2) is 35.6 Å². The van der Waals surface area contributed by atoms with E-state index in [1.54, 1.807) is 6.82 Å². The predicted octanol–water partition coefficient (Wildman–Crippen LogP) is 0.443. The highest BCUT2D eigenvalue weighted by molar-refractivity contribution is 6.48. The number of carbonyl (C=O) groups is 1. The molecule has 2 atom stereocenters. The van der Waals surface area contributed by atoms with Gasteiger partial charge in [-0.25, -0.2) is 0 Å². The molecule has 0 aromatic rings. The molecule has 0 aromatic carbocycles. The molecule has 1 saturated heterocycles. The van der Waals surface area contributed by atoms with E-state index in [0.29, 0.717) is 0 Å². The lowest BCUT2D eigenvalue weighted by Crippen LogP contribution is -2.35. The van der Waals surface area contributed by atoms with Crippen molar-refractivity contribution < 1.29 is 14.9 Å². The molecule has 0 bridgehead atoms. The second kappa shape index (κ2) is 5.36. The number of carboxylic acid groups (broad SMARTS) is 1. The fraction of sp³-hybridized carbons (Fsp3) is 0.889. The SMILES string of the molecule is CB(O)CCC[C@@H]1CCN[C@H]1C(=O)O. The molecule has 1 heterocycles. The van der Waals surface area contributed by atoms with Crippen LogP contribution in [0.4, 0.5) is 0 Å². The Kier molecular flexibility index (Phi) is 4.42. The predicted molar refractivity (Wildman–Crippen MR) is 55.4 cm³/mol. The third kappa shape index (κ3) is 3.31. The van der Waals surface area contributed by atoms with Crippen molar-refractivity contribution in [1.82, 2.24) is 5.32 Å². The Morgan fingerprint density at radius 1 is 1.64 bits per heavy atom. The third-order valence-corrected chi connectivity index (χ3v) is 2.81. The Hall–Kier alpha value is -0.545. The summed E-state index contributed by atoms with van der Waals surface area (Å²) >= 11 is 0. The van der Waals surface area contributed by atoms with Crippen molar-refractivity contribution in [3.8, 4) is 0 Å². The fourth-order valence-corrected chi connectivity index (χ4v) is 2.03. The molecule has 1 rings (SSSR count). The standard InChI is InChI=1S/C9H18BNO3/c1-10(14)5-2-3-7-4-6-11-8(7)9(12)13/h7-8,11,14H,2-6H2,1H3,(H,12,13)/t7-,8-/m1/s1. The van der Waals surface area contributed by atoms with E-state index in [9.17, 15) is 4.79 Å². The van der Waals surface area contributed by atoms with Gasteiger partial charge in [-0.05, 0) is 31.6 Å². The molecule has 1 fully saturated rings. The monoisotopic (exact) mass is 199 g/mol. The summed E-state index contributed by atoms with van der Waals surface area (Å²) in [6, 6.07) is -0.371. The second-order valence-electron chi connectivity index (χ2n) is 4.10. The molecule has 0 unspecified atom stereocenters. The molecule has 0 spiro atoms. The summed E-state index contributed by atoms with van der Waals surface area (Å²) in [6.45, 7) is 2.30. The van der Waals surface area contributed by atoms with Crippen LogP contribution >= 0.6 is 0 Å². The first-order valence-electron chi connectivity index (χ1n) is 5.25. The van der Waals surface area contributed by atoms with Gasteiger partial charge in [-0.2, -0.15) is 0 Å². The lowest BCUT2D eigenvalue weighted by atomic mass is 9.66. The minimum atomic E-state index is -0.746. The van der Waals surface area contributed by atoms with Gasteiger partial charge in [-0.1, -0.05) is 13.2 Å². The van der Waals surface area contributed by atoms with Gasteiger partial charge in [0.15, 0.2) is 0 Å². The van der Waals surface area contributed by atoms with Gasteiger partial charge < -0.3 is 15.4 Å². The Labute approximate surface area is 84.8 Å². The molecule has 14 heavy (non-hydrogen) atoms. The number of carboxylic acids is 1. The van der Waals surface area contributed by atoms with Gasteiger partial charge in [0.2, 0.25) is 0 Å². The number of hydrogen-bond donors (Lipinski definition) is 3. The average molecular weight is 199 g/mol. The zero-order valence-corrected chi connectivity index (χ0v) is 8.57. The topological polar surface area (TPSA) is 69.6 Å². The summed E-state index contributed by atoms with van der Waals surface area (Å²) in [4.78, 5) is 10.8. The Morgan fingerprint density at radius 2 is 2.36 bits per heavy atom. The van der Waals surface area contributed by atoms with Crippen LogP contribution < -0.4 is 5.32 Å². The van der Waals surface area contributed by atoms with Crippen LogP contribution in [0.15, 0.2) is 0 Å². The smallest absolute Gasteiger partial charge is 0.320 e. The zero-order chi connectivity index (χ0) is 10.6. The maximum Gasteiger partial charge on any atom is 0.320 e. The summed E-state index contributed by atoms with van der Waals surface area (Å²) in [5.41, 5.74) is 0. The first kappa shape index (κ1) is 11.5. The summed E-state index contributed by atoms with van der Waals surface area (Å²) in [5, 5.41) is 20.9. The number of rotatable bonds is 5. The van der Waals surface area contributed by atoms with Crippen LogP contribution in [0, 0.1) is 5.92 Å². The molecular formula is C9H18BNO3. The lowest BCUT2D eigenvalue weighted by molar-refractivity contribution is -0.140. The van der Waals surface area contributed by atoms with E-state index in [1.807, 2.05) is 0 Å². The number of aliphatic carboxylic acids is 1. The Balaban J connectivity index is 2.26. The molecule has 0 saturated carbocycles. The van der Waals surface area contributed by atoms with Crippen LogP contribution in [0.3, 0.4) is 0 Å².